The van der Waals surface area contributed by atoms with Crippen LogP contribution in [0.4, 0.5) is 11.6 Å². The van der Waals surface area contributed by atoms with E-state index in [0.717, 1.165) is 24.7 Å². The summed E-state index contributed by atoms with van der Waals surface area (Å²) in [5, 5.41) is 9.32. The lowest BCUT2D eigenvalue weighted by atomic mass is 10.2. The van der Waals surface area contributed by atoms with Crippen LogP contribution in [0.3, 0.4) is 0 Å². The molecule has 31 heavy (non-hydrogen) atoms. The fraction of sp³-hybridized carbons (Fsp3) is 0.409. The second kappa shape index (κ2) is 8.33. The van der Waals surface area contributed by atoms with Crippen LogP contribution < -0.4 is 15.4 Å². The number of carbonyl (C=O) groups is 1. The lowest BCUT2D eigenvalue weighted by molar-refractivity contribution is -0.132. The Hall–Kier alpha value is -3.49. The molecule has 5 rings (SSSR count). The summed E-state index contributed by atoms with van der Waals surface area (Å²) in [6.07, 6.45) is 3.87. The summed E-state index contributed by atoms with van der Waals surface area (Å²) in [5.74, 6) is 1.70. The molecule has 3 aromatic rings. The van der Waals surface area contributed by atoms with Crippen molar-refractivity contribution in [2.45, 2.75) is 19.4 Å². The predicted octanol–water partition coefficient (Wildman–Crippen LogP) is 1.14. The van der Waals surface area contributed by atoms with E-state index >= 15 is 0 Å². The smallest absolute Gasteiger partial charge is 0.261 e. The monoisotopic (exact) mass is 419 g/mol. The molecule has 0 bridgehead atoms. The third-order valence-corrected chi connectivity index (χ3v) is 6.06. The summed E-state index contributed by atoms with van der Waals surface area (Å²) in [6.45, 7) is 4.65. The normalized spacial score (nSPS) is 16.8. The Balaban J connectivity index is 1.20. The molecule has 0 unspecified atom stereocenters. The van der Waals surface area contributed by atoms with Gasteiger partial charge in [-0.05, 0) is 37.1 Å². The molecule has 2 saturated heterocycles. The van der Waals surface area contributed by atoms with Crippen LogP contribution in [0.2, 0.25) is 0 Å². The van der Waals surface area contributed by atoms with Crippen LogP contribution in [-0.4, -0.2) is 69.8 Å². The summed E-state index contributed by atoms with van der Waals surface area (Å²) in [5.41, 5.74) is 0.452. The quantitative estimate of drug-likeness (QED) is 0.627. The SMILES string of the molecule is O=C(Cn1cnc2ccccc2c1=O)N1CCN(c2ccc(N3CCCC3)nn2)CC1. The molecule has 0 saturated carbocycles. The van der Waals surface area contributed by atoms with E-state index in [2.05, 4.69) is 25.0 Å². The van der Waals surface area contributed by atoms with Crippen LogP contribution in [0.5, 0.6) is 0 Å². The average Bonchev–Trinajstić information content (AvgIpc) is 3.36. The fourth-order valence-electron chi connectivity index (χ4n) is 4.25. The Morgan fingerprint density at radius 1 is 0.839 bits per heavy atom. The Kier molecular flexibility index (Phi) is 5.23. The van der Waals surface area contributed by atoms with E-state index in [4.69, 9.17) is 0 Å². The number of para-hydroxylation sites is 1. The Labute approximate surface area is 179 Å². The molecular formula is C22H25N7O2. The van der Waals surface area contributed by atoms with E-state index < -0.39 is 0 Å². The lowest BCUT2D eigenvalue weighted by Crippen LogP contribution is -2.50. The average molecular weight is 419 g/mol. The van der Waals surface area contributed by atoms with Crippen LogP contribution in [0.1, 0.15) is 12.8 Å². The topological polar surface area (TPSA) is 87.5 Å². The number of aromatic nitrogens is 4. The first-order valence-corrected chi connectivity index (χ1v) is 10.7. The molecule has 2 aromatic heterocycles. The van der Waals surface area contributed by atoms with Crippen LogP contribution >= 0.6 is 0 Å². The van der Waals surface area contributed by atoms with Crippen molar-refractivity contribution < 1.29 is 4.79 Å². The zero-order chi connectivity index (χ0) is 21.2. The first kappa shape index (κ1) is 19.5. The van der Waals surface area contributed by atoms with Gasteiger partial charge in [0.2, 0.25) is 5.91 Å². The molecule has 9 nitrogen and oxygen atoms in total. The molecule has 1 amide bonds. The van der Waals surface area contributed by atoms with E-state index in [0.29, 0.717) is 37.1 Å². The van der Waals surface area contributed by atoms with Crippen LogP contribution in [-0.2, 0) is 11.3 Å². The molecule has 4 heterocycles. The summed E-state index contributed by atoms with van der Waals surface area (Å²) >= 11 is 0. The van der Waals surface area contributed by atoms with E-state index in [1.165, 1.54) is 23.7 Å². The number of piperazine rings is 1. The predicted molar refractivity (Wildman–Crippen MR) is 118 cm³/mol. The highest BCUT2D eigenvalue weighted by molar-refractivity contribution is 5.79. The van der Waals surface area contributed by atoms with Crippen molar-refractivity contribution in [1.29, 1.82) is 0 Å². The van der Waals surface area contributed by atoms with Crippen molar-refractivity contribution in [3.8, 4) is 0 Å². The molecule has 2 aliphatic heterocycles. The maximum absolute atomic E-state index is 12.8. The summed E-state index contributed by atoms with van der Waals surface area (Å²) in [6, 6.07) is 11.2. The van der Waals surface area contributed by atoms with E-state index in [9.17, 15) is 9.59 Å². The minimum absolute atomic E-state index is 0.000997. The number of carbonyl (C=O) groups excluding carboxylic acids is 1. The fourth-order valence-corrected chi connectivity index (χ4v) is 4.25. The van der Waals surface area contributed by atoms with E-state index in [-0.39, 0.29) is 18.0 Å². The van der Waals surface area contributed by atoms with Gasteiger partial charge in [-0.1, -0.05) is 12.1 Å². The number of rotatable bonds is 4. The highest BCUT2D eigenvalue weighted by atomic mass is 16.2. The molecule has 0 N–H and O–H groups in total. The van der Waals surface area contributed by atoms with Crippen molar-refractivity contribution in [3.05, 3.63) is 53.1 Å². The van der Waals surface area contributed by atoms with Gasteiger partial charge in [-0.3, -0.25) is 14.2 Å². The van der Waals surface area contributed by atoms with Gasteiger partial charge in [-0.15, -0.1) is 10.2 Å². The van der Waals surface area contributed by atoms with Gasteiger partial charge in [0, 0.05) is 39.3 Å². The van der Waals surface area contributed by atoms with Gasteiger partial charge in [0.15, 0.2) is 11.6 Å². The zero-order valence-corrected chi connectivity index (χ0v) is 17.4. The van der Waals surface area contributed by atoms with Gasteiger partial charge in [0.1, 0.15) is 6.54 Å². The number of benzene rings is 1. The Bertz CT molecular complexity index is 1130. The zero-order valence-electron chi connectivity index (χ0n) is 17.4. The van der Waals surface area contributed by atoms with Crippen LogP contribution in [0.15, 0.2) is 47.5 Å². The number of hydrogen-bond donors (Lipinski definition) is 0. The summed E-state index contributed by atoms with van der Waals surface area (Å²) in [4.78, 5) is 35.9. The summed E-state index contributed by atoms with van der Waals surface area (Å²) < 4.78 is 1.39. The first-order chi connectivity index (χ1) is 15.2. The minimum atomic E-state index is -0.189. The maximum atomic E-state index is 12.8. The number of anilines is 2. The lowest BCUT2D eigenvalue weighted by Gasteiger charge is -2.35. The van der Waals surface area contributed by atoms with Gasteiger partial charge in [0.25, 0.3) is 5.56 Å². The molecule has 9 heteroatoms. The molecule has 0 radical (unpaired) electrons. The number of nitrogens with zero attached hydrogens (tertiary/aromatic N) is 7. The molecule has 0 atom stereocenters. The second-order valence-corrected chi connectivity index (χ2v) is 8.01. The number of fused-ring (bicyclic) bond motifs is 1. The molecule has 2 fully saturated rings. The Morgan fingerprint density at radius 3 is 2.16 bits per heavy atom. The second-order valence-electron chi connectivity index (χ2n) is 8.01. The van der Waals surface area contributed by atoms with Crippen molar-refractivity contribution in [2.24, 2.45) is 0 Å². The molecule has 160 valence electrons. The van der Waals surface area contributed by atoms with Crippen molar-refractivity contribution in [2.75, 3.05) is 49.1 Å². The van der Waals surface area contributed by atoms with Gasteiger partial charge >= 0.3 is 0 Å². The van der Waals surface area contributed by atoms with E-state index in [1.54, 1.807) is 23.1 Å². The number of hydrogen-bond acceptors (Lipinski definition) is 7. The summed E-state index contributed by atoms with van der Waals surface area (Å²) in [7, 11) is 0. The maximum Gasteiger partial charge on any atom is 0.261 e. The molecule has 0 aliphatic carbocycles. The third kappa shape index (κ3) is 3.95. The van der Waals surface area contributed by atoms with Gasteiger partial charge in [0.05, 0.1) is 17.2 Å². The molecule has 1 aromatic carbocycles. The standard InChI is InChI=1S/C22H25N7O2/c30-21(15-29-16-23-18-6-2-1-5-17(18)22(29)31)28-13-11-27(12-14-28)20-8-7-19(24-25-20)26-9-3-4-10-26/h1-2,5-8,16H,3-4,9-15H2. The molecular weight excluding hydrogens is 394 g/mol. The van der Waals surface area contributed by atoms with Crippen LogP contribution in [0.25, 0.3) is 10.9 Å². The molecule has 2 aliphatic rings. The first-order valence-electron chi connectivity index (χ1n) is 10.7. The largest absolute Gasteiger partial charge is 0.355 e. The van der Waals surface area contributed by atoms with Gasteiger partial charge in [-0.25, -0.2) is 4.98 Å². The van der Waals surface area contributed by atoms with Crippen molar-refractivity contribution in [3.63, 3.8) is 0 Å². The third-order valence-electron chi connectivity index (χ3n) is 6.06. The Morgan fingerprint density at radius 2 is 1.48 bits per heavy atom. The minimum Gasteiger partial charge on any atom is -0.355 e. The highest BCUT2D eigenvalue weighted by Gasteiger charge is 2.23. The van der Waals surface area contributed by atoms with E-state index in [1.807, 2.05) is 18.2 Å². The van der Waals surface area contributed by atoms with Gasteiger partial charge < -0.3 is 14.7 Å². The number of amides is 1. The van der Waals surface area contributed by atoms with Crippen molar-refractivity contribution >= 4 is 28.4 Å². The van der Waals surface area contributed by atoms with Crippen LogP contribution in [0, 0.1) is 0 Å². The highest BCUT2D eigenvalue weighted by Crippen LogP contribution is 2.20. The van der Waals surface area contributed by atoms with Gasteiger partial charge in [-0.2, -0.15) is 0 Å². The van der Waals surface area contributed by atoms with Crippen molar-refractivity contribution in [1.82, 2.24) is 24.6 Å². The molecule has 0 spiro atoms.